The molecule has 0 amide bonds. The molecule has 0 atom stereocenters. The molecule has 1 aromatic heterocycles. The van der Waals surface area contributed by atoms with Crippen molar-refractivity contribution < 1.29 is 4.74 Å². The van der Waals surface area contributed by atoms with Gasteiger partial charge < -0.3 is 4.74 Å². The Balaban J connectivity index is 1.84. The summed E-state index contributed by atoms with van der Waals surface area (Å²) in [5, 5.41) is 11.6. The van der Waals surface area contributed by atoms with Crippen molar-refractivity contribution in [1.29, 1.82) is 0 Å². The molecule has 0 spiro atoms. The number of aryl methyl sites for hydroxylation is 1. The third-order valence-corrected chi connectivity index (χ3v) is 3.87. The van der Waals surface area contributed by atoms with Crippen LogP contribution in [0.15, 0.2) is 53.6 Å². The van der Waals surface area contributed by atoms with Gasteiger partial charge in [0.25, 0.3) is 0 Å². The number of rotatable bonds is 6. The molecule has 128 valence electrons. The van der Waals surface area contributed by atoms with Crippen LogP contribution in [0.3, 0.4) is 0 Å². The normalized spacial score (nSPS) is 11.1. The van der Waals surface area contributed by atoms with Crippen molar-refractivity contribution in [2.45, 2.75) is 20.3 Å². The van der Waals surface area contributed by atoms with E-state index in [1.165, 1.54) is 0 Å². The Morgan fingerprint density at radius 3 is 2.76 bits per heavy atom. The summed E-state index contributed by atoms with van der Waals surface area (Å²) in [5.41, 5.74) is 3.08. The third kappa shape index (κ3) is 4.22. The van der Waals surface area contributed by atoms with Crippen LogP contribution >= 0.6 is 12.2 Å². The summed E-state index contributed by atoms with van der Waals surface area (Å²) in [6.07, 6.45) is 2.75. The van der Waals surface area contributed by atoms with Crippen LogP contribution in [0.25, 0.3) is 11.4 Å². The Morgan fingerprint density at radius 2 is 2.04 bits per heavy atom. The quantitative estimate of drug-likeness (QED) is 0.521. The zero-order chi connectivity index (χ0) is 17.6. The number of H-pyrrole nitrogens is 1. The van der Waals surface area contributed by atoms with E-state index in [0.717, 1.165) is 35.5 Å². The number of aromatic nitrogens is 3. The van der Waals surface area contributed by atoms with Crippen LogP contribution in [0.1, 0.15) is 24.5 Å². The van der Waals surface area contributed by atoms with Gasteiger partial charge in [-0.3, -0.25) is 0 Å². The maximum Gasteiger partial charge on any atom is 0.216 e. The van der Waals surface area contributed by atoms with Crippen molar-refractivity contribution in [2.24, 2.45) is 5.10 Å². The molecule has 0 aliphatic heterocycles. The molecule has 25 heavy (non-hydrogen) atoms. The zero-order valence-corrected chi connectivity index (χ0v) is 15.1. The number of hydrogen-bond acceptors (Lipinski definition) is 4. The van der Waals surface area contributed by atoms with Gasteiger partial charge in [0.2, 0.25) is 4.77 Å². The SMILES string of the molecule is CCCOc1ccc(/C=N/n2c(-c3cccc(C)c3)n[nH]c2=S)cc1. The Kier molecular flexibility index (Phi) is 5.40. The van der Waals surface area contributed by atoms with Gasteiger partial charge in [0, 0.05) is 5.56 Å². The number of nitrogens with one attached hydrogen (secondary N) is 1. The zero-order valence-electron chi connectivity index (χ0n) is 14.3. The number of ether oxygens (including phenoxy) is 1. The highest BCUT2D eigenvalue weighted by molar-refractivity contribution is 7.71. The molecule has 1 N–H and O–H groups in total. The minimum absolute atomic E-state index is 0.454. The van der Waals surface area contributed by atoms with E-state index in [0.29, 0.717) is 10.6 Å². The Bertz CT molecular complexity index is 925. The van der Waals surface area contributed by atoms with E-state index in [9.17, 15) is 0 Å². The van der Waals surface area contributed by atoms with Crippen molar-refractivity contribution in [3.05, 3.63) is 64.4 Å². The molecule has 6 heteroatoms. The summed E-state index contributed by atoms with van der Waals surface area (Å²) >= 11 is 5.30. The van der Waals surface area contributed by atoms with Gasteiger partial charge in [-0.1, -0.05) is 30.7 Å². The van der Waals surface area contributed by atoms with Crippen LogP contribution in [0, 0.1) is 11.7 Å². The van der Waals surface area contributed by atoms with Crippen LogP contribution < -0.4 is 4.74 Å². The first-order valence-corrected chi connectivity index (χ1v) is 8.60. The minimum atomic E-state index is 0.454. The smallest absolute Gasteiger partial charge is 0.216 e. The van der Waals surface area contributed by atoms with Crippen LogP contribution in [0.4, 0.5) is 0 Å². The highest BCUT2D eigenvalue weighted by Crippen LogP contribution is 2.18. The van der Waals surface area contributed by atoms with E-state index < -0.39 is 0 Å². The van der Waals surface area contributed by atoms with Crippen LogP contribution in [-0.2, 0) is 0 Å². The first-order chi connectivity index (χ1) is 12.2. The maximum atomic E-state index is 5.59. The highest BCUT2D eigenvalue weighted by Gasteiger charge is 2.07. The molecule has 0 aliphatic carbocycles. The molecule has 5 nitrogen and oxygen atoms in total. The molecule has 3 rings (SSSR count). The fourth-order valence-corrected chi connectivity index (χ4v) is 2.54. The molecule has 1 heterocycles. The summed E-state index contributed by atoms with van der Waals surface area (Å²) in [5.74, 6) is 1.55. The standard InChI is InChI=1S/C19H20N4OS/c1-3-11-24-17-9-7-15(8-10-17)13-20-23-18(21-22-19(23)25)16-6-4-5-14(2)12-16/h4-10,12-13H,3,11H2,1-2H3,(H,22,25)/b20-13+. The van der Waals surface area contributed by atoms with Gasteiger partial charge in [-0.2, -0.15) is 14.9 Å². The van der Waals surface area contributed by atoms with E-state index in [1.54, 1.807) is 10.9 Å². The second kappa shape index (κ2) is 7.90. The Hall–Kier alpha value is -2.73. The second-order valence-corrected chi connectivity index (χ2v) is 6.08. The first kappa shape index (κ1) is 17.1. The summed E-state index contributed by atoms with van der Waals surface area (Å²) < 4.78 is 7.67. The lowest BCUT2D eigenvalue weighted by atomic mass is 10.1. The van der Waals surface area contributed by atoms with E-state index in [4.69, 9.17) is 17.0 Å². The lowest BCUT2D eigenvalue weighted by Crippen LogP contribution is -1.96. The summed E-state index contributed by atoms with van der Waals surface area (Å²) in [6.45, 7) is 4.85. The number of nitrogens with zero attached hydrogens (tertiary/aromatic N) is 3. The van der Waals surface area contributed by atoms with Gasteiger partial charge in [-0.05, 0) is 61.5 Å². The van der Waals surface area contributed by atoms with E-state index >= 15 is 0 Å². The molecular formula is C19H20N4OS. The largest absolute Gasteiger partial charge is 0.494 e. The van der Waals surface area contributed by atoms with Gasteiger partial charge in [0.05, 0.1) is 12.8 Å². The molecule has 0 saturated carbocycles. The molecule has 3 aromatic rings. The summed E-state index contributed by atoms with van der Waals surface area (Å²) in [4.78, 5) is 0. The fourth-order valence-electron chi connectivity index (χ4n) is 2.36. The van der Waals surface area contributed by atoms with Crippen molar-refractivity contribution in [1.82, 2.24) is 14.9 Å². The molecular weight excluding hydrogens is 332 g/mol. The third-order valence-electron chi connectivity index (χ3n) is 3.60. The van der Waals surface area contributed by atoms with Crippen molar-refractivity contribution in [3.63, 3.8) is 0 Å². The summed E-state index contributed by atoms with van der Waals surface area (Å²) in [7, 11) is 0. The summed E-state index contributed by atoms with van der Waals surface area (Å²) in [6, 6.07) is 15.9. The predicted octanol–water partition coefficient (Wildman–Crippen LogP) is 4.59. The Morgan fingerprint density at radius 1 is 1.24 bits per heavy atom. The van der Waals surface area contributed by atoms with Crippen molar-refractivity contribution in [3.8, 4) is 17.1 Å². The van der Waals surface area contributed by atoms with Crippen LogP contribution in [0.2, 0.25) is 0 Å². The lowest BCUT2D eigenvalue weighted by Gasteiger charge is -2.04. The highest BCUT2D eigenvalue weighted by atomic mass is 32.1. The van der Waals surface area contributed by atoms with Crippen molar-refractivity contribution in [2.75, 3.05) is 6.61 Å². The molecule has 0 aliphatic rings. The molecule has 0 fully saturated rings. The van der Waals surface area contributed by atoms with E-state index in [1.807, 2.05) is 49.4 Å². The molecule has 0 unspecified atom stereocenters. The molecule has 0 bridgehead atoms. The van der Waals surface area contributed by atoms with Crippen LogP contribution in [-0.4, -0.2) is 27.7 Å². The minimum Gasteiger partial charge on any atom is -0.494 e. The van der Waals surface area contributed by atoms with Gasteiger partial charge >= 0.3 is 0 Å². The average Bonchev–Trinajstić information content (AvgIpc) is 3.00. The van der Waals surface area contributed by atoms with Gasteiger partial charge in [0.1, 0.15) is 5.75 Å². The fraction of sp³-hybridized carbons (Fsp3) is 0.211. The number of hydrogen-bond donors (Lipinski definition) is 1. The average molecular weight is 352 g/mol. The molecule has 0 saturated heterocycles. The van der Waals surface area contributed by atoms with E-state index in [2.05, 4.69) is 28.3 Å². The van der Waals surface area contributed by atoms with Gasteiger partial charge in [-0.25, -0.2) is 5.10 Å². The molecule has 0 radical (unpaired) electrons. The monoisotopic (exact) mass is 352 g/mol. The van der Waals surface area contributed by atoms with Gasteiger partial charge in [0.15, 0.2) is 5.82 Å². The first-order valence-electron chi connectivity index (χ1n) is 8.19. The lowest BCUT2D eigenvalue weighted by molar-refractivity contribution is 0.317. The number of aromatic amines is 1. The van der Waals surface area contributed by atoms with E-state index in [-0.39, 0.29) is 0 Å². The predicted molar refractivity (Wildman–Crippen MR) is 103 cm³/mol. The number of benzene rings is 2. The molecule has 2 aromatic carbocycles. The topological polar surface area (TPSA) is 55.2 Å². The van der Waals surface area contributed by atoms with Gasteiger partial charge in [-0.15, -0.1) is 0 Å². The van der Waals surface area contributed by atoms with Crippen molar-refractivity contribution >= 4 is 18.4 Å². The van der Waals surface area contributed by atoms with Crippen LogP contribution in [0.5, 0.6) is 5.75 Å². The maximum absolute atomic E-state index is 5.59. The Labute approximate surface area is 152 Å². The second-order valence-electron chi connectivity index (χ2n) is 5.70.